The first-order valence-corrected chi connectivity index (χ1v) is 6.82. The Morgan fingerprint density at radius 1 is 1.26 bits per heavy atom. The second-order valence-corrected chi connectivity index (χ2v) is 4.80. The van der Waals surface area contributed by atoms with Gasteiger partial charge in [0.25, 0.3) is 0 Å². The van der Waals surface area contributed by atoms with E-state index in [9.17, 15) is 0 Å². The Hall–Kier alpha value is -0.190. The molecule has 0 saturated carbocycles. The zero-order chi connectivity index (χ0) is 13.5. The smallest absolute Gasteiger partial charge is 0.156 e. The summed E-state index contributed by atoms with van der Waals surface area (Å²) >= 11 is 12.2. The highest BCUT2D eigenvalue weighted by molar-refractivity contribution is 6.37. The molecule has 1 unspecified atom stereocenters. The number of benzene rings is 1. The number of rotatable bonds is 7. The summed E-state index contributed by atoms with van der Waals surface area (Å²) in [7, 11) is 0. The van der Waals surface area contributed by atoms with E-state index in [1.807, 2.05) is 26.0 Å². The van der Waals surface area contributed by atoms with Crippen LogP contribution in [0.2, 0.25) is 10.0 Å². The van der Waals surface area contributed by atoms with Crippen molar-refractivity contribution in [2.75, 3.05) is 13.2 Å². The molecule has 0 radical (unpaired) electrons. The molecule has 0 heterocycles. The zero-order valence-corrected chi connectivity index (χ0v) is 13.4. The fraction of sp³-hybridized carbons (Fsp3) is 0.538. The summed E-state index contributed by atoms with van der Waals surface area (Å²) in [6, 6.07) is 3.75. The molecule has 1 aromatic rings. The van der Waals surface area contributed by atoms with Gasteiger partial charge in [0.2, 0.25) is 0 Å². The molecule has 0 fully saturated rings. The van der Waals surface area contributed by atoms with Crippen LogP contribution in [0, 0.1) is 0 Å². The van der Waals surface area contributed by atoms with Gasteiger partial charge in [0.15, 0.2) is 5.75 Å². The summed E-state index contributed by atoms with van der Waals surface area (Å²) in [5.41, 5.74) is 0.973. The molecule has 3 nitrogen and oxygen atoms in total. The van der Waals surface area contributed by atoms with E-state index in [2.05, 4.69) is 5.32 Å². The van der Waals surface area contributed by atoms with E-state index in [1.54, 1.807) is 0 Å². The highest BCUT2D eigenvalue weighted by atomic mass is 35.5. The Morgan fingerprint density at radius 3 is 2.26 bits per heavy atom. The highest BCUT2D eigenvalue weighted by Crippen LogP contribution is 2.34. The van der Waals surface area contributed by atoms with Crippen molar-refractivity contribution in [3.05, 3.63) is 27.7 Å². The molecule has 0 spiro atoms. The Labute approximate surface area is 130 Å². The number of ether oxygens (including phenoxy) is 1. The average Bonchev–Trinajstić information content (AvgIpc) is 2.35. The molecule has 1 rings (SSSR count). The summed E-state index contributed by atoms with van der Waals surface area (Å²) in [5.74, 6) is 0.527. The largest absolute Gasteiger partial charge is 0.491 e. The van der Waals surface area contributed by atoms with Crippen molar-refractivity contribution in [2.45, 2.75) is 32.9 Å². The highest BCUT2D eigenvalue weighted by Gasteiger charge is 2.10. The minimum atomic E-state index is 0. The second-order valence-electron chi connectivity index (χ2n) is 3.99. The maximum Gasteiger partial charge on any atom is 0.156 e. The summed E-state index contributed by atoms with van der Waals surface area (Å²) in [4.78, 5) is 0. The number of hydrogen-bond donors (Lipinski definition) is 2. The van der Waals surface area contributed by atoms with E-state index in [4.69, 9.17) is 33.0 Å². The predicted octanol–water partition coefficient (Wildman–Crippen LogP) is 3.67. The van der Waals surface area contributed by atoms with Gasteiger partial charge in [0.1, 0.15) is 0 Å². The molecule has 0 aliphatic carbocycles. The van der Waals surface area contributed by atoms with Gasteiger partial charge >= 0.3 is 0 Å². The van der Waals surface area contributed by atoms with Crippen LogP contribution in [-0.4, -0.2) is 24.4 Å². The molecule has 0 amide bonds. The van der Waals surface area contributed by atoms with Crippen LogP contribution in [-0.2, 0) is 6.54 Å². The van der Waals surface area contributed by atoms with Gasteiger partial charge in [-0.2, -0.15) is 0 Å². The van der Waals surface area contributed by atoms with Crippen LogP contribution >= 0.6 is 35.6 Å². The maximum atomic E-state index is 9.09. The summed E-state index contributed by atoms with van der Waals surface area (Å²) < 4.78 is 5.37. The lowest BCUT2D eigenvalue weighted by molar-refractivity contribution is 0.238. The molecule has 0 aliphatic rings. The molecular formula is C13H20Cl3NO2. The summed E-state index contributed by atoms with van der Waals surface area (Å²) in [6.45, 7) is 5.17. The summed E-state index contributed by atoms with van der Waals surface area (Å²) in [6.07, 6.45) is 0.870. The minimum absolute atomic E-state index is 0. The van der Waals surface area contributed by atoms with Gasteiger partial charge in [-0.1, -0.05) is 30.1 Å². The van der Waals surface area contributed by atoms with Gasteiger partial charge in [-0.3, -0.25) is 0 Å². The van der Waals surface area contributed by atoms with Crippen LogP contribution < -0.4 is 10.1 Å². The molecular weight excluding hydrogens is 309 g/mol. The molecule has 0 saturated heterocycles. The number of aliphatic hydroxyl groups excluding tert-OH is 1. The summed E-state index contributed by atoms with van der Waals surface area (Å²) in [5, 5.41) is 13.4. The SMILES string of the molecule is CCOc1c(Cl)cc(CNC(CC)CO)cc1Cl.Cl. The second kappa shape index (κ2) is 9.67. The monoisotopic (exact) mass is 327 g/mol. The molecule has 0 aromatic heterocycles. The van der Waals surface area contributed by atoms with Gasteiger partial charge in [-0.25, -0.2) is 0 Å². The topological polar surface area (TPSA) is 41.5 Å². The molecule has 2 N–H and O–H groups in total. The molecule has 0 bridgehead atoms. The lowest BCUT2D eigenvalue weighted by Crippen LogP contribution is -2.31. The average molecular weight is 329 g/mol. The number of aliphatic hydroxyl groups is 1. The van der Waals surface area contributed by atoms with Crippen molar-refractivity contribution in [3.8, 4) is 5.75 Å². The van der Waals surface area contributed by atoms with Crippen molar-refractivity contribution < 1.29 is 9.84 Å². The lowest BCUT2D eigenvalue weighted by atomic mass is 10.2. The van der Waals surface area contributed by atoms with E-state index < -0.39 is 0 Å². The van der Waals surface area contributed by atoms with Crippen molar-refractivity contribution in [1.82, 2.24) is 5.32 Å². The minimum Gasteiger partial charge on any atom is -0.491 e. The van der Waals surface area contributed by atoms with Crippen molar-refractivity contribution in [1.29, 1.82) is 0 Å². The number of nitrogens with one attached hydrogen (secondary N) is 1. The fourth-order valence-corrected chi connectivity index (χ4v) is 2.24. The van der Waals surface area contributed by atoms with Crippen molar-refractivity contribution in [2.24, 2.45) is 0 Å². The van der Waals surface area contributed by atoms with E-state index in [0.29, 0.717) is 28.9 Å². The Bertz CT molecular complexity index is 361. The van der Waals surface area contributed by atoms with Crippen LogP contribution in [0.5, 0.6) is 5.75 Å². The Balaban J connectivity index is 0.00000324. The number of halogens is 3. The van der Waals surface area contributed by atoms with Crippen molar-refractivity contribution in [3.63, 3.8) is 0 Å². The first kappa shape index (κ1) is 18.8. The van der Waals surface area contributed by atoms with Gasteiger partial charge in [0, 0.05) is 12.6 Å². The van der Waals surface area contributed by atoms with Crippen molar-refractivity contribution >= 4 is 35.6 Å². The van der Waals surface area contributed by atoms with Gasteiger partial charge < -0.3 is 15.2 Å². The Morgan fingerprint density at radius 2 is 1.84 bits per heavy atom. The van der Waals surface area contributed by atoms with Crippen LogP contribution in [0.15, 0.2) is 12.1 Å². The normalized spacial score (nSPS) is 11.8. The van der Waals surface area contributed by atoms with Gasteiger partial charge in [-0.05, 0) is 31.0 Å². The van der Waals surface area contributed by atoms with Crippen LogP contribution in [0.25, 0.3) is 0 Å². The first-order valence-electron chi connectivity index (χ1n) is 6.07. The molecule has 1 aromatic carbocycles. The third-order valence-corrected chi connectivity index (χ3v) is 3.22. The van der Waals surface area contributed by atoms with Gasteiger partial charge in [-0.15, -0.1) is 12.4 Å². The molecule has 19 heavy (non-hydrogen) atoms. The molecule has 0 aliphatic heterocycles. The maximum absolute atomic E-state index is 9.09. The molecule has 6 heteroatoms. The van der Waals surface area contributed by atoms with E-state index in [1.165, 1.54) is 0 Å². The third-order valence-electron chi connectivity index (χ3n) is 2.65. The van der Waals surface area contributed by atoms with Crippen LogP contribution in [0.1, 0.15) is 25.8 Å². The fourth-order valence-electron chi connectivity index (χ4n) is 1.60. The van der Waals surface area contributed by atoms with E-state index in [-0.39, 0.29) is 25.1 Å². The van der Waals surface area contributed by atoms with E-state index >= 15 is 0 Å². The van der Waals surface area contributed by atoms with Crippen LogP contribution in [0.4, 0.5) is 0 Å². The standard InChI is InChI=1S/C13H19Cl2NO2.ClH/c1-3-10(8-17)16-7-9-5-11(14)13(18-4-2)12(15)6-9;/h5-6,10,16-17H,3-4,7-8H2,1-2H3;1H. The predicted molar refractivity (Wildman–Crippen MR) is 82.9 cm³/mol. The zero-order valence-electron chi connectivity index (χ0n) is 11.1. The van der Waals surface area contributed by atoms with Crippen LogP contribution in [0.3, 0.4) is 0 Å². The lowest BCUT2D eigenvalue weighted by Gasteiger charge is -2.15. The molecule has 1 atom stereocenters. The van der Waals surface area contributed by atoms with E-state index in [0.717, 1.165) is 12.0 Å². The quantitative estimate of drug-likeness (QED) is 0.802. The first-order chi connectivity index (χ1) is 8.62. The van der Waals surface area contributed by atoms with Gasteiger partial charge in [0.05, 0.1) is 23.3 Å². The molecule has 110 valence electrons. The Kier molecular flexibility index (Phi) is 9.58. The number of hydrogen-bond acceptors (Lipinski definition) is 3. The third kappa shape index (κ3) is 5.76.